The molecule has 19 heavy (non-hydrogen) atoms. The molecule has 0 saturated heterocycles. The van der Waals surface area contributed by atoms with E-state index in [0.717, 1.165) is 28.7 Å². The van der Waals surface area contributed by atoms with Crippen molar-refractivity contribution < 1.29 is 4.79 Å². The molecule has 0 atom stereocenters. The van der Waals surface area contributed by atoms with Crippen molar-refractivity contribution in [3.63, 3.8) is 0 Å². The van der Waals surface area contributed by atoms with Gasteiger partial charge in [0.15, 0.2) is 0 Å². The number of benzene rings is 2. The van der Waals surface area contributed by atoms with E-state index in [4.69, 9.17) is 0 Å². The smallest absolute Gasteiger partial charge is 0.150 e. The fourth-order valence-electron chi connectivity index (χ4n) is 2.01. The molecule has 0 aliphatic heterocycles. The maximum atomic E-state index is 10.6. The number of aromatic amines is 1. The van der Waals surface area contributed by atoms with Crippen LogP contribution in [0.1, 0.15) is 10.4 Å². The van der Waals surface area contributed by atoms with Crippen LogP contribution in [0.5, 0.6) is 0 Å². The molecule has 92 valence electrons. The third kappa shape index (κ3) is 2.31. The molecule has 0 unspecified atom stereocenters. The number of H-pyrrole nitrogens is 1. The first-order valence-corrected chi connectivity index (χ1v) is 6.01. The Kier molecular flexibility index (Phi) is 2.94. The van der Waals surface area contributed by atoms with E-state index in [1.54, 1.807) is 12.5 Å². The number of carbonyl (C=O) groups is 1. The van der Waals surface area contributed by atoms with Crippen LogP contribution < -0.4 is 0 Å². The summed E-state index contributed by atoms with van der Waals surface area (Å²) in [4.78, 5) is 17.7. The molecule has 0 radical (unpaired) electrons. The number of hydrogen-bond acceptors (Lipinski definition) is 2. The van der Waals surface area contributed by atoms with Crippen LogP contribution in [0.15, 0.2) is 61.1 Å². The molecular weight excluding hydrogens is 236 g/mol. The molecule has 0 aliphatic carbocycles. The lowest BCUT2D eigenvalue weighted by Crippen LogP contribution is -1.82. The summed E-state index contributed by atoms with van der Waals surface area (Å²) in [6.07, 6.45) is 4.32. The van der Waals surface area contributed by atoms with Gasteiger partial charge in [0.05, 0.1) is 18.2 Å². The molecule has 0 bridgehead atoms. The van der Waals surface area contributed by atoms with E-state index in [1.165, 1.54) is 0 Å². The Morgan fingerprint density at radius 1 is 0.842 bits per heavy atom. The van der Waals surface area contributed by atoms with Gasteiger partial charge in [-0.1, -0.05) is 48.5 Å². The zero-order valence-corrected chi connectivity index (χ0v) is 10.2. The van der Waals surface area contributed by atoms with Gasteiger partial charge in [0.2, 0.25) is 0 Å². The van der Waals surface area contributed by atoms with Crippen LogP contribution in [0.4, 0.5) is 0 Å². The van der Waals surface area contributed by atoms with Gasteiger partial charge in [0.25, 0.3) is 0 Å². The Hall–Kier alpha value is -2.68. The molecule has 3 aromatic rings. The van der Waals surface area contributed by atoms with E-state index in [9.17, 15) is 4.79 Å². The van der Waals surface area contributed by atoms with Crippen molar-refractivity contribution in [2.45, 2.75) is 0 Å². The van der Waals surface area contributed by atoms with Gasteiger partial charge in [-0.05, 0) is 16.7 Å². The summed E-state index contributed by atoms with van der Waals surface area (Å²) in [7, 11) is 0. The number of aldehydes is 1. The van der Waals surface area contributed by atoms with Crippen molar-refractivity contribution in [2.75, 3.05) is 0 Å². The summed E-state index contributed by atoms with van der Waals surface area (Å²) in [5.74, 6) is 0. The summed E-state index contributed by atoms with van der Waals surface area (Å²) in [5, 5.41) is 0. The number of imidazole rings is 1. The van der Waals surface area contributed by atoms with E-state index in [0.29, 0.717) is 5.56 Å². The van der Waals surface area contributed by atoms with Gasteiger partial charge in [0.1, 0.15) is 6.29 Å². The molecule has 0 fully saturated rings. The molecule has 0 spiro atoms. The molecule has 3 heteroatoms. The van der Waals surface area contributed by atoms with Crippen LogP contribution >= 0.6 is 0 Å². The predicted octanol–water partition coefficient (Wildman–Crippen LogP) is 3.56. The van der Waals surface area contributed by atoms with Gasteiger partial charge in [-0.15, -0.1) is 0 Å². The SMILES string of the molecule is O=Cc1ccc(-c2ccc(-c3cnc[nH]3)cc2)cc1. The topological polar surface area (TPSA) is 45.8 Å². The number of aromatic nitrogens is 2. The summed E-state index contributed by atoms with van der Waals surface area (Å²) < 4.78 is 0. The Morgan fingerprint density at radius 3 is 1.95 bits per heavy atom. The average Bonchev–Trinajstić information content (AvgIpc) is 3.02. The third-order valence-corrected chi connectivity index (χ3v) is 3.07. The van der Waals surface area contributed by atoms with Crippen molar-refractivity contribution in [1.29, 1.82) is 0 Å². The number of nitrogens with zero attached hydrogens (tertiary/aromatic N) is 1. The highest BCUT2D eigenvalue weighted by Crippen LogP contribution is 2.23. The molecule has 3 nitrogen and oxygen atoms in total. The zero-order chi connectivity index (χ0) is 13.1. The van der Waals surface area contributed by atoms with E-state index in [-0.39, 0.29) is 0 Å². The normalized spacial score (nSPS) is 10.3. The molecule has 1 N–H and O–H groups in total. The van der Waals surface area contributed by atoms with Gasteiger partial charge in [-0.25, -0.2) is 4.98 Å². The number of rotatable bonds is 3. The van der Waals surface area contributed by atoms with Crippen LogP contribution in [-0.4, -0.2) is 16.3 Å². The standard InChI is InChI=1S/C16H12N2O/c19-10-12-1-3-13(4-2-12)14-5-7-15(8-6-14)16-9-17-11-18-16/h1-11H,(H,17,18). The molecule has 0 aliphatic rings. The second-order valence-electron chi connectivity index (χ2n) is 4.28. The van der Waals surface area contributed by atoms with Crippen molar-refractivity contribution in [3.05, 3.63) is 66.6 Å². The van der Waals surface area contributed by atoms with E-state index in [2.05, 4.69) is 34.2 Å². The molecule has 2 aromatic carbocycles. The van der Waals surface area contributed by atoms with Gasteiger partial charge in [-0.3, -0.25) is 4.79 Å². The lowest BCUT2D eigenvalue weighted by atomic mass is 10.0. The van der Waals surface area contributed by atoms with Crippen LogP contribution in [0.3, 0.4) is 0 Å². The Morgan fingerprint density at radius 2 is 1.42 bits per heavy atom. The van der Waals surface area contributed by atoms with Gasteiger partial charge in [-0.2, -0.15) is 0 Å². The first-order chi connectivity index (χ1) is 9.36. The van der Waals surface area contributed by atoms with Gasteiger partial charge < -0.3 is 4.98 Å². The van der Waals surface area contributed by atoms with Crippen LogP contribution in [0.2, 0.25) is 0 Å². The number of nitrogens with one attached hydrogen (secondary N) is 1. The summed E-state index contributed by atoms with van der Waals surface area (Å²) in [6, 6.07) is 15.8. The minimum absolute atomic E-state index is 0.692. The average molecular weight is 248 g/mol. The van der Waals surface area contributed by atoms with Crippen LogP contribution in [0, 0.1) is 0 Å². The van der Waals surface area contributed by atoms with Crippen LogP contribution in [-0.2, 0) is 0 Å². The number of carbonyl (C=O) groups excluding carboxylic acids is 1. The maximum Gasteiger partial charge on any atom is 0.150 e. The largest absolute Gasteiger partial charge is 0.345 e. The van der Waals surface area contributed by atoms with E-state index >= 15 is 0 Å². The second-order valence-corrected chi connectivity index (χ2v) is 4.28. The van der Waals surface area contributed by atoms with Crippen molar-refractivity contribution >= 4 is 6.29 Å². The zero-order valence-electron chi connectivity index (χ0n) is 10.2. The fraction of sp³-hybridized carbons (Fsp3) is 0. The highest BCUT2D eigenvalue weighted by Gasteiger charge is 2.01. The Labute approximate surface area is 111 Å². The van der Waals surface area contributed by atoms with Crippen molar-refractivity contribution in [3.8, 4) is 22.4 Å². The first kappa shape index (κ1) is 11.4. The lowest BCUT2D eigenvalue weighted by molar-refractivity contribution is 0.112. The monoisotopic (exact) mass is 248 g/mol. The lowest BCUT2D eigenvalue weighted by Gasteiger charge is -2.03. The third-order valence-electron chi connectivity index (χ3n) is 3.07. The molecule has 1 aromatic heterocycles. The van der Waals surface area contributed by atoms with Crippen molar-refractivity contribution in [2.24, 2.45) is 0 Å². The first-order valence-electron chi connectivity index (χ1n) is 6.01. The molecule has 1 heterocycles. The second kappa shape index (κ2) is 4.90. The maximum absolute atomic E-state index is 10.6. The van der Waals surface area contributed by atoms with Gasteiger partial charge in [0, 0.05) is 5.56 Å². The Balaban J connectivity index is 1.91. The van der Waals surface area contributed by atoms with E-state index in [1.807, 2.05) is 24.3 Å². The fourth-order valence-corrected chi connectivity index (χ4v) is 2.01. The molecule has 0 saturated carbocycles. The Bertz CT molecular complexity index is 668. The predicted molar refractivity (Wildman–Crippen MR) is 74.8 cm³/mol. The number of hydrogen-bond donors (Lipinski definition) is 1. The van der Waals surface area contributed by atoms with Crippen LogP contribution in [0.25, 0.3) is 22.4 Å². The van der Waals surface area contributed by atoms with E-state index < -0.39 is 0 Å². The summed E-state index contributed by atoms with van der Waals surface area (Å²) in [6.45, 7) is 0. The quantitative estimate of drug-likeness (QED) is 0.720. The molecule has 0 amide bonds. The minimum Gasteiger partial charge on any atom is -0.345 e. The molecule has 3 rings (SSSR count). The van der Waals surface area contributed by atoms with Crippen molar-refractivity contribution in [1.82, 2.24) is 9.97 Å². The highest BCUT2D eigenvalue weighted by molar-refractivity contribution is 5.77. The highest BCUT2D eigenvalue weighted by atomic mass is 16.1. The summed E-state index contributed by atoms with van der Waals surface area (Å²) in [5.41, 5.74) is 5.02. The van der Waals surface area contributed by atoms with Gasteiger partial charge >= 0.3 is 0 Å². The summed E-state index contributed by atoms with van der Waals surface area (Å²) >= 11 is 0. The minimum atomic E-state index is 0.692. The molecular formula is C16H12N2O.